The zero-order valence-electron chi connectivity index (χ0n) is 12.8. The van der Waals surface area contributed by atoms with E-state index in [2.05, 4.69) is 45.8 Å². The van der Waals surface area contributed by atoms with E-state index in [1.165, 1.54) is 35.7 Å². The number of rotatable bonds is 5. The Bertz CT molecular complexity index is 429. The third-order valence-electron chi connectivity index (χ3n) is 4.32. The van der Waals surface area contributed by atoms with Crippen molar-refractivity contribution in [3.8, 4) is 0 Å². The van der Waals surface area contributed by atoms with Gasteiger partial charge in [0.05, 0.1) is 13.2 Å². The number of benzene rings is 1. The molecule has 3 rings (SSSR count). The summed E-state index contributed by atoms with van der Waals surface area (Å²) in [6.07, 6.45) is 1.16. The normalized spacial score (nSPS) is 21.5. The summed E-state index contributed by atoms with van der Waals surface area (Å²) in [6.45, 7) is 8.72. The van der Waals surface area contributed by atoms with E-state index in [-0.39, 0.29) is 0 Å². The third kappa shape index (κ3) is 4.99. The second kappa shape index (κ2) is 8.18. The first-order chi connectivity index (χ1) is 10.4. The number of ether oxygens (including phenoxy) is 1. The third-order valence-corrected chi connectivity index (χ3v) is 5.26. The highest BCUT2D eigenvalue weighted by atomic mass is 32.2. The lowest BCUT2D eigenvalue weighted by Gasteiger charge is -2.27. The lowest BCUT2D eigenvalue weighted by molar-refractivity contribution is 0.0384. The summed E-state index contributed by atoms with van der Waals surface area (Å²) in [6, 6.07) is 9.18. The van der Waals surface area contributed by atoms with Gasteiger partial charge in [-0.3, -0.25) is 9.80 Å². The van der Waals surface area contributed by atoms with Gasteiger partial charge in [-0.25, -0.2) is 0 Å². The highest BCUT2D eigenvalue weighted by Crippen LogP contribution is 2.14. The Hall–Kier alpha value is -0.550. The van der Waals surface area contributed by atoms with Gasteiger partial charge >= 0.3 is 0 Å². The zero-order valence-corrected chi connectivity index (χ0v) is 13.6. The molecule has 1 aromatic rings. The summed E-state index contributed by atoms with van der Waals surface area (Å²) in [5, 5.41) is 0. The van der Waals surface area contributed by atoms with Crippen LogP contribution in [-0.2, 0) is 17.7 Å². The number of thioether (sulfide) groups is 1. The van der Waals surface area contributed by atoms with Crippen molar-refractivity contribution >= 4 is 11.8 Å². The molecule has 2 aliphatic heterocycles. The van der Waals surface area contributed by atoms with Gasteiger partial charge in [-0.1, -0.05) is 24.3 Å². The second-order valence-corrected chi connectivity index (χ2v) is 7.14. The maximum atomic E-state index is 5.41. The quantitative estimate of drug-likeness (QED) is 0.827. The number of hydrogen-bond acceptors (Lipinski definition) is 4. The van der Waals surface area contributed by atoms with Crippen molar-refractivity contribution in [3.63, 3.8) is 0 Å². The fraction of sp³-hybridized carbons (Fsp3) is 0.647. The van der Waals surface area contributed by atoms with E-state index in [1.807, 2.05) is 0 Å². The molecule has 4 heteroatoms. The minimum Gasteiger partial charge on any atom is -0.379 e. The minimum atomic E-state index is 0.896. The van der Waals surface area contributed by atoms with Gasteiger partial charge in [0.2, 0.25) is 0 Å². The van der Waals surface area contributed by atoms with Crippen molar-refractivity contribution in [1.82, 2.24) is 9.80 Å². The first kappa shape index (κ1) is 15.3. The molecule has 0 aliphatic carbocycles. The summed E-state index contributed by atoms with van der Waals surface area (Å²) in [7, 11) is 0. The van der Waals surface area contributed by atoms with E-state index in [0.29, 0.717) is 0 Å². The zero-order chi connectivity index (χ0) is 14.3. The summed E-state index contributed by atoms with van der Waals surface area (Å²) in [5.41, 5.74) is 2.95. The molecule has 21 heavy (non-hydrogen) atoms. The summed E-state index contributed by atoms with van der Waals surface area (Å²) in [5.74, 6) is 2.58. The van der Waals surface area contributed by atoms with E-state index in [9.17, 15) is 0 Å². The van der Waals surface area contributed by atoms with Crippen molar-refractivity contribution in [3.05, 3.63) is 35.4 Å². The standard InChI is InChI=1S/C17H26N2OS/c1-2-16(4-5-18-6-10-20-11-7-18)14-17(3-1)15-19-8-12-21-13-9-19/h1-3,14H,4-13,15H2. The van der Waals surface area contributed by atoms with Crippen molar-refractivity contribution in [1.29, 1.82) is 0 Å². The SMILES string of the molecule is c1cc(CCN2CCOCC2)cc(CN2CCSCC2)c1. The van der Waals surface area contributed by atoms with Crippen molar-refractivity contribution < 1.29 is 4.74 Å². The van der Waals surface area contributed by atoms with E-state index < -0.39 is 0 Å². The van der Waals surface area contributed by atoms with Gasteiger partial charge in [-0.15, -0.1) is 0 Å². The van der Waals surface area contributed by atoms with Gasteiger partial charge in [-0.2, -0.15) is 11.8 Å². The molecule has 0 saturated carbocycles. The van der Waals surface area contributed by atoms with Gasteiger partial charge in [0.25, 0.3) is 0 Å². The molecule has 0 radical (unpaired) electrons. The van der Waals surface area contributed by atoms with Gasteiger partial charge in [0.1, 0.15) is 0 Å². The molecular weight excluding hydrogens is 280 g/mol. The highest BCUT2D eigenvalue weighted by molar-refractivity contribution is 7.99. The van der Waals surface area contributed by atoms with Crippen LogP contribution in [0, 0.1) is 0 Å². The largest absolute Gasteiger partial charge is 0.379 e. The lowest BCUT2D eigenvalue weighted by Crippen LogP contribution is -2.37. The first-order valence-corrected chi connectivity index (χ1v) is 9.24. The average Bonchev–Trinajstić information content (AvgIpc) is 2.55. The molecule has 2 saturated heterocycles. The first-order valence-electron chi connectivity index (χ1n) is 8.08. The number of nitrogens with zero attached hydrogens (tertiary/aromatic N) is 2. The Labute approximate surface area is 132 Å². The molecule has 3 nitrogen and oxygen atoms in total. The molecule has 2 fully saturated rings. The Kier molecular flexibility index (Phi) is 5.98. The molecule has 0 atom stereocenters. The fourth-order valence-electron chi connectivity index (χ4n) is 3.01. The summed E-state index contributed by atoms with van der Waals surface area (Å²) in [4.78, 5) is 5.09. The monoisotopic (exact) mass is 306 g/mol. The van der Waals surface area contributed by atoms with Crippen LogP contribution in [0.3, 0.4) is 0 Å². The van der Waals surface area contributed by atoms with Crippen LogP contribution in [0.1, 0.15) is 11.1 Å². The van der Waals surface area contributed by atoms with Gasteiger partial charge in [0, 0.05) is 50.8 Å². The molecule has 116 valence electrons. The average molecular weight is 306 g/mol. The molecule has 0 unspecified atom stereocenters. The predicted molar refractivity (Wildman–Crippen MR) is 90.0 cm³/mol. The fourth-order valence-corrected chi connectivity index (χ4v) is 3.99. The number of morpholine rings is 1. The van der Waals surface area contributed by atoms with Crippen LogP contribution in [0.25, 0.3) is 0 Å². The van der Waals surface area contributed by atoms with Gasteiger partial charge < -0.3 is 4.74 Å². The van der Waals surface area contributed by atoms with E-state index >= 15 is 0 Å². The second-order valence-electron chi connectivity index (χ2n) is 5.91. The Morgan fingerprint density at radius 3 is 2.52 bits per heavy atom. The topological polar surface area (TPSA) is 15.7 Å². The molecular formula is C17H26N2OS. The van der Waals surface area contributed by atoms with E-state index in [1.54, 1.807) is 0 Å². The Morgan fingerprint density at radius 2 is 1.71 bits per heavy atom. The molecule has 0 amide bonds. The number of hydrogen-bond donors (Lipinski definition) is 0. The molecule has 2 heterocycles. The van der Waals surface area contributed by atoms with Crippen molar-refractivity contribution in [2.24, 2.45) is 0 Å². The van der Waals surface area contributed by atoms with Crippen LogP contribution in [0.15, 0.2) is 24.3 Å². The molecule has 1 aromatic carbocycles. The van der Waals surface area contributed by atoms with E-state index in [0.717, 1.165) is 45.8 Å². The van der Waals surface area contributed by atoms with Crippen molar-refractivity contribution in [2.45, 2.75) is 13.0 Å². The molecule has 2 aliphatic rings. The van der Waals surface area contributed by atoms with Crippen LogP contribution < -0.4 is 0 Å². The van der Waals surface area contributed by atoms with Gasteiger partial charge in [-0.05, 0) is 17.5 Å². The highest BCUT2D eigenvalue weighted by Gasteiger charge is 2.12. The minimum absolute atomic E-state index is 0.896. The lowest BCUT2D eigenvalue weighted by atomic mass is 10.1. The molecule has 0 spiro atoms. The van der Waals surface area contributed by atoms with Crippen LogP contribution in [0.4, 0.5) is 0 Å². The van der Waals surface area contributed by atoms with Gasteiger partial charge in [0.15, 0.2) is 0 Å². The van der Waals surface area contributed by atoms with Crippen LogP contribution in [0.5, 0.6) is 0 Å². The maximum Gasteiger partial charge on any atom is 0.0594 e. The Balaban J connectivity index is 1.50. The van der Waals surface area contributed by atoms with E-state index in [4.69, 9.17) is 4.74 Å². The van der Waals surface area contributed by atoms with Crippen LogP contribution >= 0.6 is 11.8 Å². The van der Waals surface area contributed by atoms with Crippen LogP contribution in [0.2, 0.25) is 0 Å². The summed E-state index contributed by atoms with van der Waals surface area (Å²) >= 11 is 2.08. The smallest absolute Gasteiger partial charge is 0.0594 e. The Morgan fingerprint density at radius 1 is 0.952 bits per heavy atom. The molecule has 0 aromatic heterocycles. The molecule has 0 N–H and O–H groups in total. The maximum absolute atomic E-state index is 5.41. The molecule has 0 bridgehead atoms. The predicted octanol–water partition coefficient (Wildman–Crippen LogP) is 2.11. The van der Waals surface area contributed by atoms with Crippen LogP contribution in [-0.4, -0.2) is 67.2 Å². The summed E-state index contributed by atoms with van der Waals surface area (Å²) < 4.78 is 5.41. The van der Waals surface area contributed by atoms with Crippen molar-refractivity contribution in [2.75, 3.05) is 57.4 Å².